The summed E-state index contributed by atoms with van der Waals surface area (Å²) >= 11 is 0. The number of halogens is 3. The molecule has 2 heterocycles. The highest BCUT2D eigenvalue weighted by Crippen LogP contribution is 2.39. The molecule has 30 heavy (non-hydrogen) atoms. The lowest BCUT2D eigenvalue weighted by Gasteiger charge is -2.15. The molecule has 0 saturated carbocycles. The van der Waals surface area contributed by atoms with Gasteiger partial charge in [-0.1, -0.05) is 48.5 Å². The first-order valence-electron chi connectivity index (χ1n) is 10.0. The van der Waals surface area contributed by atoms with E-state index >= 15 is 0 Å². The van der Waals surface area contributed by atoms with Crippen molar-refractivity contribution < 1.29 is 13.2 Å². The highest BCUT2D eigenvalue weighted by atomic mass is 19.4. The molecule has 0 spiro atoms. The van der Waals surface area contributed by atoms with Crippen molar-refractivity contribution in [2.24, 2.45) is 0 Å². The molecule has 1 aromatic heterocycles. The molecule has 1 aliphatic heterocycles. The standard InChI is InChI=1S/C24H20F3N3/c25-24(26,27)20-10-3-4-11-21(20)30-23-19(9-5-6-14-28-23)22(29-30)18-13-12-16-7-1-2-8-17(16)15-18/h1-4,7-8,10-13,15,28H,5-6,9,14H2. The molecule has 1 N–H and O–H groups in total. The first-order valence-corrected chi connectivity index (χ1v) is 10.0. The second-order valence-electron chi connectivity index (χ2n) is 7.55. The van der Waals surface area contributed by atoms with E-state index in [1.807, 2.05) is 36.4 Å². The SMILES string of the molecule is FC(F)(F)c1ccccc1-n1nc(-c2ccc3ccccc3c2)c2c1NCCCC2. The highest BCUT2D eigenvalue weighted by Gasteiger charge is 2.35. The second kappa shape index (κ2) is 7.20. The molecule has 152 valence electrons. The molecule has 3 nitrogen and oxygen atoms in total. The molecule has 0 saturated heterocycles. The number of rotatable bonds is 2. The van der Waals surface area contributed by atoms with Gasteiger partial charge >= 0.3 is 6.18 Å². The van der Waals surface area contributed by atoms with E-state index in [0.29, 0.717) is 12.4 Å². The number of para-hydroxylation sites is 1. The van der Waals surface area contributed by atoms with Crippen molar-refractivity contribution in [2.45, 2.75) is 25.4 Å². The number of hydrogen-bond donors (Lipinski definition) is 1. The van der Waals surface area contributed by atoms with Gasteiger partial charge in [0.25, 0.3) is 0 Å². The maximum Gasteiger partial charge on any atom is 0.418 e. The van der Waals surface area contributed by atoms with Crippen molar-refractivity contribution in [2.75, 3.05) is 11.9 Å². The van der Waals surface area contributed by atoms with Gasteiger partial charge in [-0.25, -0.2) is 4.68 Å². The fraction of sp³-hybridized carbons (Fsp3) is 0.208. The topological polar surface area (TPSA) is 29.9 Å². The van der Waals surface area contributed by atoms with Crippen LogP contribution in [0.25, 0.3) is 27.7 Å². The third-order valence-electron chi connectivity index (χ3n) is 5.59. The summed E-state index contributed by atoms with van der Waals surface area (Å²) in [6, 6.07) is 19.7. The summed E-state index contributed by atoms with van der Waals surface area (Å²) in [5.74, 6) is 0.660. The Balaban J connectivity index is 1.74. The van der Waals surface area contributed by atoms with E-state index in [9.17, 15) is 13.2 Å². The van der Waals surface area contributed by atoms with Crippen LogP contribution in [-0.2, 0) is 12.6 Å². The lowest BCUT2D eigenvalue weighted by atomic mass is 10.0. The predicted octanol–water partition coefficient (Wildman–Crippen LogP) is 6.46. The molecule has 4 aromatic rings. The van der Waals surface area contributed by atoms with E-state index in [-0.39, 0.29) is 5.69 Å². The van der Waals surface area contributed by atoms with Crippen LogP contribution in [-0.4, -0.2) is 16.3 Å². The van der Waals surface area contributed by atoms with E-state index in [0.717, 1.165) is 52.9 Å². The maximum atomic E-state index is 13.7. The third-order valence-corrected chi connectivity index (χ3v) is 5.59. The van der Waals surface area contributed by atoms with E-state index in [1.165, 1.54) is 16.8 Å². The molecule has 0 fully saturated rings. The van der Waals surface area contributed by atoms with Gasteiger partial charge in [-0.15, -0.1) is 0 Å². The van der Waals surface area contributed by atoms with Gasteiger partial charge in [0, 0.05) is 17.7 Å². The first-order chi connectivity index (χ1) is 14.5. The zero-order valence-corrected chi connectivity index (χ0v) is 16.2. The van der Waals surface area contributed by atoms with Gasteiger partial charge in [-0.05, 0) is 48.2 Å². The Kier molecular flexibility index (Phi) is 4.50. The summed E-state index contributed by atoms with van der Waals surface area (Å²) in [6.07, 6.45) is -1.75. The summed E-state index contributed by atoms with van der Waals surface area (Å²) in [5.41, 5.74) is 1.98. The number of fused-ring (bicyclic) bond motifs is 2. The molecule has 0 unspecified atom stereocenters. The van der Waals surface area contributed by atoms with Crippen LogP contribution in [0.3, 0.4) is 0 Å². The van der Waals surface area contributed by atoms with Crippen molar-refractivity contribution in [3.8, 4) is 16.9 Å². The Bertz CT molecular complexity index is 1220. The zero-order chi connectivity index (χ0) is 20.7. The molecule has 0 bridgehead atoms. The molecule has 0 amide bonds. The van der Waals surface area contributed by atoms with Crippen LogP contribution in [0.15, 0.2) is 66.7 Å². The number of benzene rings is 3. The van der Waals surface area contributed by atoms with Crippen LogP contribution in [0.4, 0.5) is 19.0 Å². The van der Waals surface area contributed by atoms with Gasteiger partial charge in [0.2, 0.25) is 0 Å². The van der Waals surface area contributed by atoms with Gasteiger partial charge in [0.1, 0.15) is 5.82 Å². The van der Waals surface area contributed by atoms with Gasteiger partial charge in [-0.2, -0.15) is 18.3 Å². The summed E-state index contributed by atoms with van der Waals surface area (Å²) in [7, 11) is 0. The first kappa shape index (κ1) is 18.7. The number of hydrogen-bond acceptors (Lipinski definition) is 2. The Morgan fingerprint density at radius 1 is 0.867 bits per heavy atom. The van der Waals surface area contributed by atoms with Crippen molar-refractivity contribution in [3.05, 3.63) is 77.9 Å². The van der Waals surface area contributed by atoms with Crippen LogP contribution >= 0.6 is 0 Å². The number of anilines is 1. The fourth-order valence-corrected chi connectivity index (χ4v) is 4.14. The number of aromatic nitrogens is 2. The summed E-state index contributed by atoms with van der Waals surface area (Å²) < 4.78 is 42.5. The van der Waals surface area contributed by atoms with Crippen molar-refractivity contribution in [1.29, 1.82) is 0 Å². The van der Waals surface area contributed by atoms with Gasteiger partial charge in [-0.3, -0.25) is 0 Å². The average molecular weight is 407 g/mol. The van der Waals surface area contributed by atoms with Crippen LogP contribution in [0, 0.1) is 0 Å². The van der Waals surface area contributed by atoms with Crippen LogP contribution in [0.2, 0.25) is 0 Å². The third kappa shape index (κ3) is 3.22. The van der Waals surface area contributed by atoms with Crippen molar-refractivity contribution in [3.63, 3.8) is 0 Å². The number of nitrogens with zero attached hydrogens (tertiary/aromatic N) is 2. The minimum Gasteiger partial charge on any atom is -0.370 e. The number of alkyl halides is 3. The largest absolute Gasteiger partial charge is 0.418 e. The average Bonchev–Trinajstić information content (AvgIpc) is 2.93. The minimum absolute atomic E-state index is 0.0442. The molecule has 1 aliphatic rings. The second-order valence-corrected chi connectivity index (χ2v) is 7.55. The van der Waals surface area contributed by atoms with Crippen LogP contribution < -0.4 is 5.32 Å². The van der Waals surface area contributed by atoms with E-state index in [4.69, 9.17) is 5.10 Å². The van der Waals surface area contributed by atoms with Crippen LogP contribution in [0.5, 0.6) is 0 Å². The lowest BCUT2D eigenvalue weighted by molar-refractivity contribution is -0.137. The number of nitrogens with one attached hydrogen (secondary N) is 1. The maximum absolute atomic E-state index is 13.7. The summed E-state index contributed by atoms with van der Waals surface area (Å²) in [6.45, 7) is 0.712. The van der Waals surface area contributed by atoms with Crippen LogP contribution in [0.1, 0.15) is 24.0 Å². The monoisotopic (exact) mass is 407 g/mol. The van der Waals surface area contributed by atoms with E-state index in [2.05, 4.69) is 11.4 Å². The Morgan fingerprint density at radius 3 is 2.47 bits per heavy atom. The van der Waals surface area contributed by atoms with Crippen molar-refractivity contribution >= 4 is 16.6 Å². The smallest absolute Gasteiger partial charge is 0.370 e. The van der Waals surface area contributed by atoms with E-state index < -0.39 is 11.7 Å². The van der Waals surface area contributed by atoms with E-state index in [1.54, 1.807) is 6.07 Å². The summed E-state index contributed by atoms with van der Waals surface area (Å²) in [5, 5.41) is 10.2. The molecule has 5 rings (SSSR count). The zero-order valence-electron chi connectivity index (χ0n) is 16.2. The minimum atomic E-state index is -4.46. The molecule has 0 aliphatic carbocycles. The Hall–Kier alpha value is -3.28. The van der Waals surface area contributed by atoms with Gasteiger partial charge in [0.05, 0.1) is 16.9 Å². The Morgan fingerprint density at radius 2 is 1.63 bits per heavy atom. The molecule has 0 radical (unpaired) electrons. The summed E-state index contributed by atoms with van der Waals surface area (Å²) in [4.78, 5) is 0. The fourth-order valence-electron chi connectivity index (χ4n) is 4.14. The molecule has 0 atom stereocenters. The Labute approximate surface area is 172 Å². The normalized spacial score (nSPS) is 14.2. The highest BCUT2D eigenvalue weighted by molar-refractivity contribution is 5.87. The predicted molar refractivity (Wildman–Crippen MR) is 113 cm³/mol. The molecular formula is C24H20F3N3. The molecule has 6 heteroatoms. The van der Waals surface area contributed by atoms with Crippen molar-refractivity contribution in [1.82, 2.24) is 9.78 Å². The quantitative estimate of drug-likeness (QED) is 0.413. The lowest BCUT2D eigenvalue weighted by Crippen LogP contribution is -2.14. The molecular weight excluding hydrogens is 387 g/mol. The van der Waals surface area contributed by atoms with Gasteiger partial charge < -0.3 is 5.32 Å². The molecule has 3 aromatic carbocycles. The van der Waals surface area contributed by atoms with Gasteiger partial charge in [0.15, 0.2) is 0 Å².